The Balaban J connectivity index is 1.94. The molecule has 0 saturated heterocycles. The Morgan fingerprint density at radius 1 is 1.08 bits per heavy atom. The van der Waals surface area contributed by atoms with E-state index in [0.29, 0.717) is 16.1 Å². The molecule has 0 aliphatic heterocycles. The zero-order valence-corrected chi connectivity index (χ0v) is 14.9. The number of H-pyrrole nitrogens is 2. The highest BCUT2D eigenvalue weighted by atomic mass is 79.9. The van der Waals surface area contributed by atoms with E-state index in [1.54, 1.807) is 24.3 Å². The number of aromatic amines is 2. The second-order valence-electron chi connectivity index (χ2n) is 5.38. The molecule has 0 saturated carbocycles. The standard InChI is InChI=1S/C17H10BrClN4O2/c18-10-5-6-13-11(7-10)14-15(21-13)16(24)23(17(25)22-14)20-8-9-3-1-2-4-12(9)19/h1-8,21H,(H,22,25)/b20-8+. The molecule has 25 heavy (non-hydrogen) atoms. The predicted molar refractivity (Wildman–Crippen MR) is 103 cm³/mol. The smallest absolute Gasteiger partial charge is 0.349 e. The van der Waals surface area contributed by atoms with Crippen LogP contribution in [-0.2, 0) is 0 Å². The van der Waals surface area contributed by atoms with Gasteiger partial charge in [0.1, 0.15) is 5.52 Å². The number of nitrogens with zero attached hydrogens (tertiary/aromatic N) is 2. The lowest BCUT2D eigenvalue weighted by molar-refractivity contribution is 0.770. The zero-order chi connectivity index (χ0) is 17.6. The van der Waals surface area contributed by atoms with Gasteiger partial charge >= 0.3 is 11.2 Å². The molecule has 2 aromatic carbocycles. The molecule has 0 fully saturated rings. The van der Waals surface area contributed by atoms with Gasteiger partial charge in [-0.2, -0.15) is 5.10 Å². The molecule has 0 spiro atoms. The van der Waals surface area contributed by atoms with Gasteiger partial charge in [-0.25, -0.2) is 4.79 Å². The van der Waals surface area contributed by atoms with Crippen molar-refractivity contribution < 1.29 is 0 Å². The van der Waals surface area contributed by atoms with Crippen LogP contribution in [0.1, 0.15) is 5.56 Å². The van der Waals surface area contributed by atoms with Gasteiger partial charge in [-0.15, -0.1) is 4.68 Å². The summed E-state index contributed by atoms with van der Waals surface area (Å²) < 4.78 is 1.62. The van der Waals surface area contributed by atoms with Crippen LogP contribution in [0.4, 0.5) is 0 Å². The van der Waals surface area contributed by atoms with Gasteiger partial charge in [0.25, 0.3) is 0 Å². The number of rotatable bonds is 2. The Labute approximate surface area is 153 Å². The predicted octanol–water partition coefficient (Wildman–Crippen LogP) is 3.47. The molecule has 0 amide bonds. The van der Waals surface area contributed by atoms with Crippen LogP contribution in [0.2, 0.25) is 5.02 Å². The fourth-order valence-electron chi connectivity index (χ4n) is 2.62. The van der Waals surface area contributed by atoms with Crippen LogP contribution >= 0.6 is 27.5 Å². The van der Waals surface area contributed by atoms with E-state index in [4.69, 9.17) is 11.6 Å². The first-order valence-electron chi connectivity index (χ1n) is 7.30. The number of aromatic nitrogens is 3. The molecule has 0 unspecified atom stereocenters. The SMILES string of the molecule is O=c1[nH]c2c([nH]c3ccc(Br)cc32)c(=O)n1/N=C/c1ccccc1Cl. The minimum atomic E-state index is -0.623. The quantitative estimate of drug-likeness (QED) is 0.490. The van der Waals surface area contributed by atoms with Crippen molar-refractivity contribution in [2.24, 2.45) is 5.10 Å². The van der Waals surface area contributed by atoms with Crippen molar-refractivity contribution in [3.8, 4) is 0 Å². The van der Waals surface area contributed by atoms with Crippen molar-refractivity contribution in [1.82, 2.24) is 14.6 Å². The highest BCUT2D eigenvalue weighted by molar-refractivity contribution is 9.10. The first kappa shape index (κ1) is 15.9. The summed E-state index contributed by atoms with van der Waals surface area (Å²) in [7, 11) is 0. The summed E-state index contributed by atoms with van der Waals surface area (Å²) in [6, 6.07) is 12.5. The van der Waals surface area contributed by atoms with Crippen LogP contribution in [0.15, 0.2) is 61.6 Å². The molecule has 0 radical (unpaired) electrons. The van der Waals surface area contributed by atoms with Crippen molar-refractivity contribution >= 4 is 55.7 Å². The van der Waals surface area contributed by atoms with E-state index in [0.717, 1.165) is 20.1 Å². The maximum Gasteiger partial charge on any atom is 0.350 e. The number of hydrogen-bond donors (Lipinski definition) is 2. The van der Waals surface area contributed by atoms with Gasteiger partial charge in [0.2, 0.25) is 0 Å². The Hall–Kier alpha value is -2.64. The molecule has 0 aliphatic carbocycles. The monoisotopic (exact) mass is 416 g/mol. The zero-order valence-electron chi connectivity index (χ0n) is 12.6. The molecule has 4 rings (SSSR count). The van der Waals surface area contributed by atoms with E-state index in [-0.39, 0.29) is 5.52 Å². The first-order valence-corrected chi connectivity index (χ1v) is 8.47. The molecule has 4 aromatic rings. The van der Waals surface area contributed by atoms with Crippen LogP contribution in [0, 0.1) is 0 Å². The third-order valence-corrected chi connectivity index (χ3v) is 4.65. The molecule has 2 aromatic heterocycles. The second kappa shape index (κ2) is 6.02. The summed E-state index contributed by atoms with van der Waals surface area (Å²) in [4.78, 5) is 30.7. The van der Waals surface area contributed by atoms with Crippen molar-refractivity contribution in [3.05, 3.63) is 78.4 Å². The van der Waals surface area contributed by atoms with Crippen molar-refractivity contribution in [2.75, 3.05) is 0 Å². The summed E-state index contributed by atoms with van der Waals surface area (Å²) >= 11 is 9.44. The topological polar surface area (TPSA) is 83.0 Å². The van der Waals surface area contributed by atoms with Gasteiger partial charge in [-0.1, -0.05) is 45.7 Å². The largest absolute Gasteiger partial charge is 0.350 e. The minimum Gasteiger partial charge on any atom is -0.349 e. The average Bonchev–Trinajstić information content (AvgIpc) is 2.94. The summed E-state index contributed by atoms with van der Waals surface area (Å²) in [5, 5.41) is 5.23. The highest BCUT2D eigenvalue weighted by Gasteiger charge is 2.12. The Morgan fingerprint density at radius 3 is 2.68 bits per heavy atom. The third kappa shape index (κ3) is 2.71. The summed E-state index contributed by atoms with van der Waals surface area (Å²) in [5.74, 6) is 0. The summed E-state index contributed by atoms with van der Waals surface area (Å²) in [5.41, 5.74) is 0.936. The van der Waals surface area contributed by atoms with Crippen molar-refractivity contribution in [1.29, 1.82) is 0 Å². The Morgan fingerprint density at radius 2 is 1.88 bits per heavy atom. The molecule has 0 aliphatic rings. The molecule has 124 valence electrons. The summed E-state index contributed by atoms with van der Waals surface area (Å²) in [6.07, 6.45) is 1.38. The number of benzene rings is 2. The Bertz CT molecular complexity index is 1270. The Kier molecular flexibility index (Phi) is 3.82. The third-order valence-electron chi connectivity index (χ3n) is 3.81. The van der Waals surface area contributed by atoms with Gasteiger partial charge in [0, 0.05) is 26.0 Å². The lowest BCUT2D eigenvalue weighted by atomic mass is 10.2. The van der Waals surface area contributed by atoms with E-state index < -0.39 is 11.2 Å². The molecule has 6 nitrogen and oxygen atoms in total. The average molecular weight is 418 g/mol. The van der Waals surface area contributed by atoms with Crippen LogP contribution in [-0.4, -0.2) is 20.9 Å². The van der Waals surface area contributed by atoms with Gasteiger partial charge in [0.05, 0.1) is 11.7 Å². The van der Waals surface area contributed by atoms with Gasteiger partial charge in [-0.05, 0) is 24.3 Å². The minimum absolute atomic E-state index is 0.281. The number of halogens is 2. The van der Waals surface area contributed by atoms with Crippen LogP contribution in [0.5, 0.6) is 0 Å². The molecule has 2 N–H and O–H groups in total. The first-order chi connectivity index (χ1) is 12.0. The molecule has 8 heteroatoms. The van der Waals surface area contributed by atoms with Crippen LogP contribution in [0.25, 0.3) is 21.9 Å². The number of hydrogen-bond acceptors (Lipinski definition) is 3. The van der Waals surface area contributed by atoms with E-state index in [1.807, 2.05) is 18.2 Å². The van der Waals surface area contributed by atoms with E-state index in [1.165, 1.54) is 6.21 Å². The van der Waals surface area contributed by atoms with Crippen molar-refractivity contribution in [2.45, 2.75) is 0 Å². The van der Waals surface area contributed by atoms with E-state index in [2.05, 4.69) is 31.0 Å². The molecular formula is C17H10BrClN4O2. The second-order valence-corrected chi connectivity index (χ2v) is 6.70. The van der Waals surface area contributed by atoms with Crippen LogP contribution < -0.4 is 11.2 Å². The summed E-state index contributed by atoms with van der Waals surface area (Å²) in [6.45, 7) is 0. The molecule has 0 bridgehead atoms. The normalized spacial score (nSPS) is 11.8. The lowest BCUT2D eigenvalue weighted by Crippen LogP contribution is -2.32. The fraction of sp³-hybridized carbons (Fsp3) is 0. The lowest BCUT2D eigenvalue weighted by Gasteiger charge is -1.99. The maximum atomic E-state index is 12.7. The van der Waals surface area contributed by atoms with Crippen molar-refractivity contribution in [3.63, 3.8) is 0 Å². The van der Waals surface area contributed by atoms with E-state index >= 15 is 0 Å². The van der Waals surface area contributed by atoms with E-state index in [9.17, 15) is 9.59 Å². The molecule has 2 heterocycles. The number of nitrogens with one attached hydrogen (secondary N) is 2. The fourth-order valence-corrected chi connectivity index (χ4v) is 3.16. The van der Waals surface area contributed by atoms with Gasteiger partial charge < -0.3 is 9.97 Å². The molecular weight excluding hydrogens is 408 g/mol. The number of fused-ring (bicyclic) bond motifs is 3. The van der Waals surface area contributed by atoms with Gasteiger partial charge in [-0.3, -0.25) is 4.79 Å². The maximum absolute atomic E-state index is 12.7. The van der Waals surface area contributed by atoms with Gasteiger partial charge in [0.15, 0.2) is 0 Å². The molecule has 0 atom stereocenters. The highest BCUT2D eigenvalue weighted by Crippen LogP contribution is 2.24. The van der Waals surface area contributed by atoms with Crippen LogP contribution in [0.3, 0.4) is 0 Å².